The fraction of sp³-hybridized carbons (Fsp3) is 0.625. The van der Waals surface area contributed by atoms with Crippen molar-refractivity contribution in [1.29, 1.82) is 0 Å². The lowest BCUT2D eigenvalue weighted by atomic mass is 9.93. The molecule has 1 aromatic carbocycles. The molecule has 1 heterocycles. The van der Waals surface area contributed by atoms with Crippen molar-refractivity contribution in [2.24, 2.45) is 5.92 Å². The highest BCUT2D eigenvalue weighted by molar-refractivity contribution is 5.20. The second kappa shape index (κ2) is 5.51. The Morgan fingerprint density at radius 1 is 1.32 bits per heavy atom. The largest absolute Gasteiger partial charge is 0.492 e. The predicted molar refractivity (Wildman–Crippen MR) is 77.5 cm³/mol. The van der Waals surface area contributed by atoms with Gasteiger partial charge in [-0.15, -0.1) is 0 Å². The standard InChI is InChI=1S/C16H24N2O/c1-16(14-7-8-14)13-18(10-9-17-16)11-12-19-15-5-3-2-4-6-15/h2-6,14,17H,7-13H2,1H3. The van der Waals surface area contributed by atoms with Crippen LogP contribution in [-0.4, -0.2) is 43.2 Å². The minimum atomic E-state index is 0.338. The summed E-state index contributed by atoms with van der Waals surface area (Å²) in [4.78, 5) is 2.54. The van der Waals surface area contributed by atoms with Crippen LogP contribution in [0, 0.1) is 5.92 Å². The van der Waals surface area contributed by atoms with Crippen LogP contribution >= 0.6 is 0 Å². The van der Waals surface area contributed by atoms with Crippen molar-refractivity contribution in [3.05, 3.63) is 30.3 Å². The van der Waals surface area contributed by atoms with Gasteiger partial charge in [-0.2, -0.15) is 0 Å². The van der Waals surface area contributed by atoms with E-state index in [4.69, 9.17) is 4.74 Å². The number of hydrogen-bond donors (Lipinski definition) is 1. The van der Waals surface area contributed by atoms with Gasteiger partial charge in [-0.05, 0) is 37.8 Å². The second-order valence-electron chi connectivity index (χ2n) is 6.06. The maximum absolute atomic E-state index is 5.79. The Morgan fingerprint density at radius 2 is 2.11 bits per heavy atom. The van der Waals surface area contributed by atoms with E-state index in [-0.39, 0.29) is 0 Å². The molecule has 1 aromatic rings. The summed E-state index contributed by atoms with van der Waals surface area (Å²) in [5.74, 6) is 1.87. The summed E-state index contributed by atoms with van der Waals surface area (Å²) in [6.45, 7) is 7.60. The van der Waals surface area contributed by atoms with E-state index >= 15 is 0 Å². The van der Waals surface area contributed by atoms with Gasteiger partial charge in [-0.1, -0.05) is 18.2 Å². The van der Waals surface area contributed by atoms with Crippen molar-refractivity contribution in [3.63, 3.8) is 0 Å². The van der Waals surface area contributed by atoms with E-state index in [1.54, 1.807) is 0 Å². The Morgan fingerprint density at radius 3 is 2.84 bits per heavy atom. The van der Waals surface area contributed by atoms with Crippen molar-refractivity contribution >= 4 is 0 Å². The molecule has 0 amide bonds. The quantitative estimate of drug-likeness (QED) is 0.878. The summed E-state index contributed by atoms with van der Waals surface area (Å²) in [6, 6.07) is 10.1. The van der Waals surface area contributed by atoms with Gasteiger partial charge < -0.3 is 10.1 Å². The number of nitrogens with one attached hydrogen (secondary N) is 1. The molecule has 2 fully saturated rings. The van der Waals surface area contributed by atoms with E-state index in [9.17, 15) is 0 Å². The van der Waals surface area contributed by atoms with Crippen LogP contribution in [-0.2, 0) is 0 Å². The molecule has 1 atom stereocenters. The highest BCUT2D eigenvalue weighted by Crippen LogP contribution is 2.40. The van der Waals surface area contributed by atoms with Crippen molar-refractivity contribution < 1.29 is 4.74 Å². The zero-order valence-electron chi connectivity index (χ0n) is 11.8. The van der Waals surface area contributed by atoms with Crippen LogP contribution in [0.1, 0.15) is 19.8 Å². The van der Waals surface area contributed by atoms with Crippen molar-refractivity contribution in [3.8, 4) is 5.75 Å². The molecule has 1 saturated carbocycles. The third kappa shape index (κ3) is 3.28. The van der Waals surface area contributed by atoms with Gasteiger partial charge in [0, 0.05) is 31.7 Å². The molecule has 104 valence electrons. The molecule has 1 aliphatic heterocycles. The number of hydrogen-bond acceptors (Lipinski definition) is 3. The van der Waals surface area contributed by atoms with Crippen molar-refractivity contribution in [2.75, 3.05) is 32.8 Å². The molecule has 0 radical (unpaired) electrons. The number of ether oxygens (including phenoxy) is 1. The fourth-order valence-corrected chi connectivity index (χ4v) is 3.09. The lowest BCUT2D eigenvalue weighted by molar-refractivity contribution is 0.111. The van der Waals surface area contributed by atoms with Gasteiger partial charge in [0.2, 0.25) is 0 Å². The molecule has 3 heteroatoms. The molecule has 1 saturated heterocycles. The van der Waals surface area contributed by atoms with E-state index < -0.39 is 0 Å². The Hall–Kier alpha value is -1.06. The molecule has 3 nitrogen and oxygen atoms in total. The summed E-state index contributed by atoms with van der Waals surface area (Å²) in [5.41, 5.74) is 0.338. The zero-order valence-corrected chi connectivity index (χ0v) is 11.8. The molecule has 1 aliphatic carbocycles. The third-order valence-electron chi connectivity index (χ3n) is 4.41. The van der Waals surface area contributed by atoms with Gasteiger partial charge in [0.1, 0.15) is 12.4 Å². The normalized spacial score (nSPS) is 28.3. The molecule has 1 N–H and O–H groups in total. The Labute approximate surface area is 115 Å². The van der Waals surface area contributed by atoms with Crippen LogP contribution in [0.5, 0.6) is 5.75 Å². The van der Waals surface area contributed by atoms with Crippen molar-refractivity contribution in [1.82, 2.24) is 10.2 Å². The maximum Gasteiger partial charge on any atom is 0.119 e. The van der Waals surface area contributed by atoms with Gasteiger partial charge in [-0.3, -0.25) is 4.90 Å². The monoisotopic (exact) mass is 260 g/mol. The first kappa shape index (κ1) is 12.9. The number of benzene rings is 1. The van der Waals surface area contributed by atoms with Crippen LogP contribution in [0.25, 0.3) is 0 Å². The predicted octanol–water partition coefficient (Wildman–Crippen LogP) is 2.14. The molecule has 19 heavy (non-hydrogen) atoms. The third-order valence-corrected chi connectivity index (χ3v) is 4.41. The molecule has 0 spiro atoms. The van der Waals surface area contributed by atoms with Gasteiger partial charge in [0.05, 0.1) is 0 Å². The number of nitrogens with zero attached hydrogens (tertiary/aromatic N) is 1. The number of rotatable bonds is 5. The molecular formula is C16H24N2O. The summed E-state index contributed by atoms with van der Waals surface area (Å²) in [5, 5.41) is 3.71. The average Bonchev–Trinajstić information content (AvgIpc) is 3.25. The van der Waals surface area contributed by atoms with E-state index in [1.807, 2.05) is 30.3 Å². The maximum atomic E-state index is 5.79. The minimum Gasteiger partial charge on any atom is -0.492 e. The van der Waals surface area contributed by atoms with Crippen LogP contribution in [0.2, 0.25) is 0 Å². The molecule has 1 unspecified atom stereocenters. The molecule has 3 rings (SSSR count). The minimum absolute atomic E-state index is 0.338. The fourth-order valence-electron chi connectivity index (χ4n) is 3.09. The smallest absolute Gasteiger partial charge is 0.119 e. The summed E-state index contributed by atoms with van der Waals surface area (Å²) in [6.07, 6.45) is 2.80. The number of piperazine rings is 1. The Balaban J connectivity index is 1.45. The SMILES string of the molecule is CC1(C2CC2)CN(CCOc2ccccc2)CCN1. The van der Waals surface area contributed by atoms with Crippen LogP contribution in [0.3, 0.4) is 0 Å². The highest BCUT2D eigenvalue weighted by atomic mass is 16.5. The van der Waals surface area contributed by atoms with Crippen LogP contribution in [0.4, 0.5) is 0 Å². The molecule has 2 aliphatic rings. The van der Waals surface area contributed by atoms with E-state index in [0.717, 1.165) is 44.5 Å². The van der Waals surface area contributed by atoms with Gasteiger partial charge in [-0.25, -0.2) is 0 Å². The lowest BCUT2D eigenvalue weighted by Crippen LogP contribution is -2.60. The van der Waals surface area contributed by atoms with Gasteiger partial charge >= 0.3 is 0 Å². The zero-order chi connectivity index (χ0) is 13.1. The first-order valence-electron chi connectivity index (χ1n) is 7.41. The Kier molecular flexibility index (Phi) is 3.76. The van der Waals surface area contributed by atoms with Crippen LogP contribution in [0.15, 0.2) is 30.3 Å². The van der Waals surface area contributed by atoms with Gasteiger partial charge in [0.25, 0.3) is 0 Å². The lowest BCUT2D eigenvalue weighted by Gasteiger charge is -2.42. The second-order valence-corrected chi connectivity index (χ2v) is 6.06. The summed E-state index contributed by atoms with van der Waals surface area (Å²) < 4.78 is 5.79. The summed E-state index contributed by atoms with van der Waals surface area (Å²) in [7, 11) is 0. The first-order chi connectivity index (χ1) is 9.26. The van der Waals surface area contributed by atoms with E-state index in [1.165, 1.54) is 12.8 Å². The number of para-hydroxylation sites is 1. The topological polar surface area (TPSA) is 24.5 Å². The average molecular weight is 260 g/mol. The van der Waals surface area contributed by atoms with Gasteiger partial charge in [0.15, 0.2) is 0 Å². The molecular weight excluding hydrogens is 236 g/mol. The highest BCUT2D eigenvalue weighted by Gasteiger charge is 2.43. The molecule has 0 aromatic heterocycles. The first-order valence-corrected chi connectivity index (χ1v) is 7.41. The van der Waals surface area contributed by atoms with E-state index in [2.05, 4.69) is 17.1 Å². The van der Waals surface area contributed by atoms with E-state index in [0.29, 0.717) is 5.54 Å². The van der Waals surface area contributed by atoms with Crippen LogP contribution < -0.4 is 10.1 Å². The summed E-state index contributed by atoms with van der Waals surface area (Å²) >= 11 is 0. The van der Waals surface area contributed by atoms with Crippen molar-refractivity contribution in [2.45, 2.75) is 25.3 Å². The molecule has 0 bridgehead atoms. The Bertz CT molecular complexity index is 404.